The highest BCUT2D eigenvalue weighted by Crippen LogP contribution is 2.45. The lowest BCUT2D eigenvalue weighted by molar-refractivity contribution is 0.0692. The number of aromatic carboxylic acids is 1. The number of H-pyrrole nitrogens is 2. The van der Waals surface area contributed by atoms with E-state index in [2.05, 4.69) is 33.2 Å². The van der Waals surface area contributed by atoms with E-state index in [-0.39, 0.29) is 17.4 Å². The molecule has 3 N–H and O–H groups in total. The van der Waals surface area contributed by atoms with Gasteiger partial charge in [-0.05, 0) is 58.5 Å². The fraction of sp³-hybridized carbons (Fsp3) is 0.133. The molecule has 0 saturated carbocycles. The molecule has 3 heterocycles. The SMILES string of the molecule is CC(C)c1c(-c2cc(F)cc3[nH]ccc23)[nH]c(C(=O)O)c1-c1ccnc2c1C=C(c1ccccc1)C2. The zero-order valence-corrected chi connectivity index (χ0v) is 19.9. The zero-order valence-electron chi connectivity index (χ0n) is 19.9. The number of aromatic nitrogens is 3. The van der Waals surface area contributed by atoms with Crippen molar-refractivity contribution in [3.05, 3.63) is 101 Å². The highest BCUT2D eigenvalue weighted by Gasteiger charge is 2.30. The summed E-state index contributed by atoms with van der Waals surface area (Å²) < 4.78 is 14.6. The lowest BCUT2D eigenvalue weighted by Crippen LogP contribution is -2.02. The molecular formula is C30H24FN3O2. The Kier molecular flexibility index (Phi) is 5.11. The van der Waals surface area contributed by atoms with Gasteiger partial charge >= 0.3 is 5.97 Å². The number of carboxylic acid groups (broad SMARTS) is 1. The van der Waals surface area contributed by atoms with Crippen molar-refractivity contribution in [1.82, 2.24) is 15.0 Å². The number of hydrogen-bond donors (Lipinski definition) is 3. The lowest BCUT2D eigenvalue weighted by Gasteiger charge is -2.14. The predicted molar refractivity (Wildman–Crippen MR) is 140 cm³/mol. The van der Waals surface area contributed by atoms with Gasteiger partial charge in [0.1, 0.15) is 11.5 Å². The first-order chi connectivity index (χ1) is 17.4. The molecule has 36 heavy (non-hydrogen) atoms. The number of carbonyl (C=O) groups is 1. The summed E-state index contributed by atoms with van der Waals surface area (Å²) in [5.74, 6) is -1.47. The summed E-state index contributed by atoms with van der Waals surface area (Å²) in [5.41, 5.74) is 8.40. The molecule has 0 radical (unpaired) electrons. The molecule has 0 spiro atoms. The first kappa shape index (κ1) is 22.0. The summed E-state index contributed by atoms with van der Waals surface area (Å²) in [5, 5.41) is 11.1. The predicted octanol–water partition coefficient (Wildman–Crippen LogP) is 7.28. The van der Waals surface area contributed by atoms with Crippen LogP contribution >= 0.6 is 0 Å². The number of hydrogen-bond acceptors (Lipinski definition) is 2. The number of fused-ring (bicyclic) bond motifs is 2. The maximum atomic E-state index is 14.6. The van der Waals surface area contributed by atoms with Crippen LogP contribution in [0.2, 0.25) is 0 Å². The second-order valence-electron chi connectivity index (χ2n) is 9.45. The van der Waals surface area contributed by atoms with Crippen LogP contribution in [0.25, 0.3) is 44.9 Å². The second kappa shape index (κ2) is 8.34. The average molecular weight is 478 g/mol. The van der Waals surface area contributed by atoms with Crippen LogP contribution in [-0.4, -0.2) is 26.0 Å². The molecule has 1 aliphatic rings. The van der Waals surface area contributed by atoms with E-state index in [1.807, 2.05) is 44.2 Å². The molecule has 0 amide bonds. The number of aromatic amines is 2. The van der Waals surface area contributed by atoms with Crippen LogP contribution in [0, 0.1) is 5.82 Å². The van der Waals surface area contributed by atoms with Crippen LogP contribution < -0.4 is 0 Å². The van der Waals surface area contributed by atoms with Crippen molar-refractivity contribution in [2.45, 2.75) is 26.2 Å². The van der Waals surface area contributed by atoms with Gasteiger partial charge in [0.25, 0.3) is 0 Å². The van der Waals surface area contributed by atoms with Gasteiger partial charge in [0.2, 0.25) is 0 Å². The number of nitrogens with zero attached hydrogens (tertiary/aromatic N) is 1. The van der Waals surface area contributed by atoms with Crippen molar-refractivity contribution >= 4 is 28.5 Å². The fourth-order valence-electron chi connectivity index (χ4n) is 5.36. The van der Waals surface area contributed by atoms with E-state index in [0.29, 0.717) is 28.8 Å². The number of halogens is 1. The molecule has 0 saturated heterocycles. The second-order valence-corrected chi connectivity index (χ2v) is 9.45. The molecule has 0 fully saturated rings. The Hall–Kier alpha value is -4.45. The fourth-order valence-corrected chi connectivity index (χ4v) is 5.36. The molecule has 0 unspecified atom stereocenters. The smallest absolute Gasteiger partial charge is 0.352 e. The van der Waals surface area contributed by atoms with Gasteiger partial charge in [-0.2, -0.15) is 0 Å². The summed E-state index contributed by atoms with van der Waals surface area (Å²) in [4.78, 5) is 23.4. The first-order valence-corrected chi connectivity index (χ1v) is 11.9. The van der Waals surface area contributed by atoms with E-state index in [4.69, 9.17) is 0 Å². The van der Waals surface area contributed by atoms with Crippen LogP contribution in [0.1, 0.15) is 52.6 Å². The van der Waals surface area contributed by atoms with Crippen LogP contribution in [-0.2, 0) is 6.42 Å². The molecule has 5 aromatic rings. The van der Waals surface area contributed by atoms with Crippen LogP contribution in [0.15, 0.2) is 67.0 Å². The Morgan fingerprint density at radius 3 is 2.64 bits per heavy atom. The van der Waals surface area contributed by atoms with Crippen molar-refractivity contribution in [1.29, 1.82) is 0 Å². The maximum Gasteiger partial charge on any atom is 0.352 e. The minimum atomic E-state index is -1.06. The van der Waals surface area contributed by atoms with E-state index in [0.717, 1.165) is 38.9 Å². The van der Waals surface area contributed by atoms with E-state index in [9.17, 15) is 14.3 Å². The molecule has 0 aliphatic heterocycles. The number of rotatable bonds is 5. The molecule has 3 aromatic heterocycles. The van der Waals surface area contributed by atoms with Gasteiger partial charge < -0.3 is 15.1 Å². The zero-order chi connectivity index (χ0) is 25.0. The van der Waals surface area contributed by atoms with Gasteiger partial charge in [-0.25, -0.2) is 9.18 Å². The number of allylic oxidation sites excluding steroid dienone is 1. The topological polar surface area (TPSA) is 81.8 Å². The molecule has 1 aliphatic carbocycles. The molecular weight excluding hydrogens is 453 g/mol. The van der Waals surface area contributed by atoms with Crippen molar-refractivity contribution in [3.8, 4) is 22.4 Å². The van der Waals surface area contributed by atoms with Crippen molar-refractivity contribution in [2.75, 3.05) is 0 Å². The summed E-state index contributed by atoms with van der Waals surface area (Å²) in [6.45, 7) is 4.06. The summed E-state index contributed by atoms with van der Waals surface area (Å²) in [6, 6.07) is 16.8. The molecule has 2 aromatic carbocycles. The summed E-state index contributed by atoms with van der Waals surface area (Å²) in [6.07, 6.45) is 6.29. The normalized spacial score (nSPS) is 12.8. The number of nitrogens with one attached hydrogen (secondary N) is 2. The quantitative estimate of drug-likeness (QED) is 0.249. The minimum Gasteiger partial charge on any atom is -0.477 e. The van der Waals surface area contributed by atoms with Crippen molar-refractivity contribution in [3.63, 3.8) is 0 Å². The summed E-state index contributed by atoms with van der Waals surface area (Å²) >= 11 is 0. The maximum absolute atomic E-state index is 14.6. The van der Waals surface area contributed by atoms with Gasteiger partial charge in [0.15, 0.2) is 0 Å². The third-order valence-corrected chi connectivity index (χ3v) is 6.90. The van der Waals surface area contributed by atoms with Gasteiger partial charge in [-0.3, -0.25) is 4.98 Å². The molecule has 0 atom stereocenters. The molecule has 0 bridgehead atoms. The van der Waals surface area contributed by atoms with Crippen LogP contribution in [0.5, 0.6) is 0 Å². The average Bonchev–Trinajstić information content (AvgIpc) is 3.60. The Morgan fingerprint density at radius 2 is 1.89 bits per heavy atom. The van der Waals surface area contributed by atoms with Crippen LogP contribution in [0.4, 0.5) is 4.39 Å². The Bertz CT molecular complexity index is 1680. The van der Waals surface area contributed by atoms with Gasteiger partial charge in [0.05, 0.1) is 11.4 Å². The largest absolute Gasteiger partial charge is 0.477 e. The van der Waals surface area contributed by atoms with Crippen LogP contribution in [0.3, 0.4) is 0 Å². The first-order valence-electron chi connectivity index (χ1n) is 11.9. The van der Waals surface area contributed by atoms with E-state index < -0.39 is 5.97 Å². The lowest BCUT2D eigenvalue weighted by atomic mass is 9.88. The Balaban J connectivity index is 1.63. The Labute approximate surface area is 207 Å². The van der Waals surface area contributed by atoms with E-state index in [1.165, 1.54) is 12.1 Å². The molecule has 6 heteroatoms. The van der Waals surface area contributed by atoms with E-state index in [1.54, 1.807) is 12.4 Å². The minimum absolute atomic E-state index is 0.0283. The summed E-state index contributed by atoms with van der Waals surface area (Å²) in [7, 11) is 0. The molecule has 178 valence electrons. The molecule has 6 rings (SSSR count). The highest BCUT2D eigenvalue weighted by atomic mass is 19.1. The van der Waals surface area contributed by atoms with Gasteiger partial charge in [-0.15, -0.1) is 0 Å². The number of pyridine rings is 1. The monoisotopic (exact) mass is 477 g/mol. The van der Waals surface area contributed by atoms with E-state index >= 15 is 0 Å². The number of carboxylic acids is 1. The number of benzene rings is 2. The van der Waals surface area contributed by atoms with Crippen molar-refractivity contribution < 1.29 is 14.3 Å². The van der Waals surface area contributed by atoms with Gasteiger partial charge in [-0.1, -0.05) is 44.2 Å². The molecule has 5 nitrogen and oxygen atoms in total. The standard InChI is InChI=1S/C30H24FN3O2/c1-16(2)26-27(21-9-11-32-24-13-18(12-22(21)24)17-6-4-3-5-7-17)29(30(35)36)34-28(26)23-14-19(31)15-25-20(23)8-10-33-25/h3-12,14-16,33-34H,13H2,1-2H3,(H,35,36). The highest BCUT2D eigenvalue weighted by molar-refractivity contribution is 6.04. The third-order valence-electron chi connectivity index (χ3n) is 6.90. The third kappa shape index (κ3) is 3.45. The van der Waals surface area contributed by atoms with Crippen molar-refractivity contribution in [2.24, 2.45) is 0 Å². The van der Waals surface area contributed by atoms with Gasteiger partial charge in [0, 0.05) is 46.4 Å². The Morgan fingerprint density at radius 1 is 1.08 bits per heavy atom.